The van der Waals surface area contributed by atoms with Crippen LogP contribution in [0.4, 0.5) is 0 Å². The lowest BCUT2D eigenvalue weighted by atomic mass is 10.2. The van der Waals surface area contributed by atoms with Gasteiger partial charge in [-0.15, -0.1) is 10.2 Å². The van der Waals surface area contributed by atoms with E-state index in [0.29, 0.717) is 11.3 Å². The van der Waals surface area contributed by atoms with Crippen LogP contribution in [0.5, 0.6) is 0 Å². The van der Waals surface area contributed by atoms with Gasteiger partial charge in [0.1, 0.15) is 6.33 Å². The van der Waals surface area contributed by atoms with Gasteiger partial charge >= 0.3 is 0 Å². The van der Waals surface area contributed by atoms with Gasteiger partial charge in [0.25, 0.3) is 0 Å². The Balaban J connectivity index is 2.72. The first kappa shape index (κ1) is 9.86. The molecule has 1 heterocycles. The molecular weight excluding hydrogens is 194 g/mol. The predicted octanol–water partition coefficient (Wildman–Crippen LogP) is 2.25. The van der Waals surface area contributed by atoms with Crippen LogP contribution in [0.25, 0.3) is 0 Å². The lowest BCUT2D eigenvalue weighted by Gasteiger charge is -2.14. The minimum atomic E-state index is 0.419. The average molecular weight is 206 g/mol. The minimum Gasteiger partial charge on any atom is -0.300 e. The first-order chi connectivity index (χ1) is 5.79. The Bertz CT molecular complexity index is 238. The fourth-order valence-corrected chi connectivity index (χ4v) is 2.07. The number of nitrogens with zero attached hydrogens (tertiary/aromatic N) is 3. The molecule has 12 heavy (non-hydrogen) atoms. The fraction of sp³-hybridized carbons (Fsp3) is 0.714. The molecule has 0 aliphatic carbocycles. The van der Waals surface area contributed by atoms with Crippen LogP contribution in [-0.4, -0.2) is 26.8 Å². The van der Waals surface area contributed by atoms with Crippen molar-refractivity contribution in [3.8, 4) is 0 Å². The van der Waals surface area contributed by atoms with E-state index < -0.39 is 0 Å². The van der Waals surface area contributed by atoms with Gasteiger partial charge in [-0.3, -0.25) is 0 Å². The quantitative estimate of drug-likeness (QED) is 0.756. The predicted molar refractivity (Wildman–Crippen MR) is 52.7 cm³/mol. The van der Waals surface area contributed by atoms with E-state index in [9.17, 15) is 0 Å². The Morgan fingerprint density at radius 2 is 2.50 bits per heavy atom. The summed E-state index contributed by atoms with van der Waals surface area (Å²) in [5.41, 5.74) is 0. The highest BCUT2D eigenvalue weighted by molar-refractivity contribution is 7.98. The second-order valence-electron chi connectivity index (χ2n) is 2.52. The monoisotopic (exact) mass is 205 g/mol. The molecule has 0 N–H and O–H groups in total. The topological polar surface area (TPSA) is 30.7 Å². The normalized spacial score (nSPS) is 13.2. The molecule has 0 saturated heterocycles. The zero-order valence-corrected chi connectivity index (χ0v) is 8.77. The fourth-order valence-electron chi connectivity index (χ4n) is 1.06. The third-order valence-electron chi connectivity index (χ3n) is 1.75. The number of halogens is 1. The third-order valence-corrected chi connectivity index (χ3v) is 2.74. The molecule has 68 valence electrons. The van der Waals surface area contributed by atoms with E-state index in [-0.39, 0.29) is 0 Å². The second-order valence-corrected chi connectivity index (χ2v) is 3.77. The lowest BCUT2D eigenvalue weighted by Crippen LogP contribution is -2.09. The van der Waals surface area contributed by atoms with Crippen LogP contribution in [0.1, 0.15) is 19.4 Å². The molecule has 0 aliphatic heterocycles. The molecule has 0 spiro atoms. The van der Waals surface area contributed by atoms with E-state index in [0.717, 1.165) is 12.2 Å². The average Bonchev–Trinajstić information content (AvgIpc) is 2.47. The summed E-state index contributed by atoms with van der Waals surface area (Å²) in [6.07, 6.45) is 4.83. The Labute approximate surface area is 81.5 Å². The molecule has 0 aromatic carbocycles. The molecule has 0 bridgehead atoms. The van der Waals surface area contributed by atoms with Crippen molar-refractivity contribution in [2.24, 2.45) is 0 Å². The zero-order valence-electron chi connectivity index (χ0n) is 7.20. The highest BCUT2D eigenvalue weighted by atomic mass is 35.5. The van der Waals surface area contributed by atoms with Crippen molar-refractivity contribution in [2.75, 3.05) is 12.0 Å². The van der Waals surface area contributed by atoms with E-state index in [1.54, 1.807) is 18.1 Å². The standard InChI is InChI=1S/C7H12ClN3S/c1-3-6(4-12-2)11-5-9-10-7(11)8/h5-6H,3-4H2,1-2H3. The molecule has 3 nitrogen and oxygen atoms in total. The molecule has 1 unspecified atom stereocenters. The van der Waals surface area contributed by atoms with Gasteiger partial charge in [0, 0.05) is 11.8 Å². The van der Waals surface area contributed by atoms with Crippen LogP contribution in [0, 0.1) is 0 Å². The van der Waals surface area contributed by atoms with E-state index in [4.69, 9.17) is 11.6 Å². The zero-order chi connectivity index (χ0) is 8.97. The van der Waals surface area contributed by atoms with Crippen molar-refractivity contribution < 1.29 is 0 Å². The van der Waals surface area contributed by atoms with Gasteiger partial charge < -0.3 is 4.57 Å². The lowest BCUT2D eigenvalue weighted by molar-refractivity contribution is 0.538. The minimum absolute atomic E-state index is 0.419. The second kappa shape index (κ2) is 4.72. The van der Waals surface area contributed by atoms with Gasteiger partial charge in [0.15, 0.2) is 0 Å². The van der Waals surface area contributed by atoms with Crippen LogP contribution in [-0.2, 0) is 0 Å². The molecule has 0 saturated carbocycles. The summed E-state index contributed by atoms with van der Waals surface area (Å²) >= 11 is 7.64. The van der Waals surface area contributed by atoms with Gasteiger partial charge in [-0.2, -0.15) is 11.8 Å². The van der Waals surface area contributed by atoms with Crippen molar-refractivity contribution >= 4 is 23.4 Å². The summed E-state index contributed by atoms with van der Waals surface area (Å²) in [6, 6.07) is 0.419. The van der Waals surface area contributed by atoms with E-state index in [2.05, 4.69) is 23.4 Å². The van der Waals surface area contributed by atoms with Crippen LogP contribution < -0.4 is 0 Å². The van der Waals surface area contributed by atoms with Gasteiger partial charge in [-0.05, 0) is 24.3 Å². The molecule has 0 fully saturated rings. The van der Waals surface area contributed by atoms with Gasteiger partial charge in [-0.1, -0.05) is 6.92 Å². The highest BCUT2D eigenvalue weighted by Crippen LogP contribution is 2.19. The highest BCUT2D eigenvalue weighted by Gasteiger charge is 2.11. The third kappa shape index (κ3) is 2.14. The molecule has 0 radical (unpaired) electrons. The smallest absolute Gasteiger partial charge is 0.225 e. The van der Waals surface area contributed by atoms with Gasteiger partial charge in [-0.25, -0.2) is 0 Å². The number of hydrogen-bond donors (Lipinski definition) is 0. The summed E-state index contributed by atoms with van der Waals surface area (Å²) in [6.45, 7) is 2.14. The number of aromatic nitrogens is 3. The molecule has 1 aromatic heterocycles. The van der Waals surface area contributed by atoms with Crippen LogP contribution >= 0.6 is 23.4 Å². The molecular formula is C7H12ClN3S. The van der Waals surface area contributed by atoms with Crippen LogP contribution in [0.3, 0.4) is 0 Å². The van der Waals surface area contributed by atoms with Gasteiger partial charge in [0.2, 0.25) is 5.28 Å². The summed E-state index contributed by atoms with van der Waals surface area (Å²) in [7, 11) is 0. The molecule has 5 heteroatoms. The maximum Gasteiger partial charge on any atom is 0.225 e. The maximum absolute atomic E-state index is 5.83. The van der Waals surface area contributed by atoms with Crippen LogP contribution in [0.15, 0.2) is 6.33 Å². The van der Waals surface area contributed by atoms with Crippen LogP contribution in [0.2, 0.25) is 5.28 Å². The first-order valence-electron chi connectivity index (χ1n) is 3.83. The maximum atomic E-state index is 5.83. The van der Waals surface area contributed by atoms with Gasteiger partial charge in [0.05, 0.1) is 0 Å². The Morgan fingerprint density at radius 3 is 2.92 bits per heavy atom. The summed E-state index contributed by atoms with van der Waals surface area (Å²) < 4.78 is 1.91. The molecule has 0 aliphatic rings. The molecule has 0 amide bonds. The first-order valence-corrected chi connectivity index (χ1v) is 5.60. The number of thioether (sulfide) groups is 1. The Kier molecular flexibility index (Phi) is 3.88. The summed E-state index contributed by atoms with van der Waals surface area (Å²) in [5, 5.41) is 7.96. The van der Waals surface area contributed by atoms with E-state index >= 15 is 0 Å². The van der Waals surface area contributed by atoms with Crippen molar-refractivity contribution in [3.63, 3.8) is 0 Å². The SMILES string of the molecule is CCC(CSC)n1cnnc1Cl. The number of hydrogen-bond acceptors (Lipinski definition) is 3. The van der Waals surface area contributed by atoms with E-state index in [1.165, 1.54) is 0 Å². The Hall–Kier alpha value is -0.220. The van der Waals surface area contributed by atoms with Crippen molar-refractivity contribution in [1.82, 2.24) is 14.8 Å². The number of rotatable bonds is 4. The molecule has 1 rings (SSSR count). The van der Waals surface area contributed by atoms with Crippen molar-refractivity contribution in [2.45, 2.75) is 19.4 Å². The van der Waals surface area contributed by atoms with E-state index in [1.807, 2.05) is 4.57 Å². The van der Waals surface area contributed by atoms with Crippen molar-refractivity contribution in [1.29, 1.82) is 0 Å². The molecule has 1 aromatic rings. The van der Waals surface area contributed by atoms with Crippen molar-refractivity contribution in [3.05, 3.63) is 11.6 Å². The molecule has 1 atom stereocenters. The Morgan fingerprint density at radius 1 is 1.75 bits per heavy atom. The summed E-state index contributed by atoms with van der Waals surface area (Å²) in [5.74, 6) is 1.05. The largest absolute Gasteiger partial charge is 0.300 e. The summed E-state index contributed by atoms with van der Waals surface area (Å²) in [4.78, 5) is 0.